The smallest absolute Gasteiger partial charge is 0.135 e. The predicted octanol–water partition coefficient (Wildman–Crippen LogP) is 16.0. The normalized spacial score (nSPS) is 13.1. The molecule has 1 aromatic heterocycles. The molecule has 0 aliphatic heterocycles. The molecule has 0 saturated heterocycles. The van der Waals surface area contributed by atoms with Crippen LogP contribution >= 0.6 is 0 Å². The van der Waals surface area contributed by atoms with Crippen molar-refractivity contribution >= 4 is 54.3 Å². The van der Waals surface area contributed by atoms with Crippen LogP contribution < -0.4 is 0 Å². The van der Waals surface area contributed by atoms with Crippen LogP contribution in [-0.2, 0) is 5.41 Å². The molecule has 58 heavy (non-hydrogen) atoms. The molecule has 1 nitrogen and oxygen atoms in total. The van der Waals surface area contributed by atoms with Crippen molar-refractivity contribution < 1.29 is 4.42 Å². The van der Waals surface area contributed by atoms with E-state index in [1.165, 1.54) is 99.1 Å². The Hall–Kier alpha value is -7.22. The maximum Gasteiger partial charge on any atom is 0.135 e. The van der Waals surface area contributed by atoms with Crippen LogP contribution in [0.4, 0.5) is 0 Å². The predicted molar refractivity (Wildman–Crippen MR) is 246 cm³/mol. The summed E-state index contributed by atoms with van der Waals surface area (Å²) in [6.45, 7) is 4.79. The van der Waals surface area contributed by atoms with Gasteiger partial charge in [-0.15, -0.1) is 0 Å². The molecule has 1 aliphatic carbocycles. The second-order valence-electron chi connectivity index (χ2n) is 16.4. The van der Waals surface area contributed by atoms with Crippen molar-refractivity contribution in [3.63, 3.8) is 0 Å². The summed E-state index contributed by atoms with van der Waals surface area (Å²) >= 11 is 0. The second-order valence-corrected chi connectivity index (χ2v) is 16.4. The molecule has 272 valence electrons. The lowest BCUT2D eigenvalue weighted by atomic mass is 9.78. The molecule has 0 unspecified atom stereocenters. The van der Waals surface area contributed by atoms with Gasteiger partial charge in [0.1, 0.15) is 11.2 Å². The van der Waals surface area contributed by atoms with E-state index < -0.39 is 0 Å². The van der Waals surface area contributed by atoms with Crippen molar-refractivity contribution in [2.75, 3.05) is 0 Å². The molecule has 0 atom stereocenters. The molecule has 1 aliphatic rings. The Morgan fingerprint density at radius 1 is 0.328 bits per heavy atom. The molecule has 11 aromatic rings. The zero-order valence-corrected chi connectivity index (χ0v) is 32.4. The number of hydrogen-bond donors (Lipinski definition) is 0. The molecule has 1 heterocycles. The fourth-order valence-electron chi connectivity index (χ4n) is 10.2. The number of furan rings is 1. The number of hydrogen-bond acceptors (Lipinski definition) is 1. The van der Waals surface area contributed by atoms with Gasteiger partial charge in [0.05, 0.1) is 0 Å². The topological polar surface area (TPSA) is 13.1 Å². The van der Waals surface area contributed by atoms with Gasteiger partial charge in [0.15, 0.2) is 0 Å². The monoisotopic (exact) mass is 738 g/mol. The first-order valence-corrected chi connectivity index (χ1v) is 20.3. The summed E-state index contributed by atoms with van der Waals surface area (Å²) in [5.41, 5.74) is 17.1. The zero-order valence-electron chi connectivity index (χ0n) is 32.4. The Kier molecular flexibility index (Phi) is 7.04. The van der Waals surface area contributed by atoms with Crippen LogP contribution in [0.15, 0.2) is 199 Å². The first-order valence-electron chi connectivity index (χ1n) is 20.3. The molecule has 0 spiro atoms. The summed E-state index contributed by atoms with van der Waals surface area (Å²) in [5.74, 6) is 0. The minimum atomic E-state index is -0.144. The van der Waals surface area contributed by atoms with Gasteiger partial charge in [-0.25, -0.2) is 0 Å². The first kappa shape index (κ1) is 33.0. The molecule has 0 saturated carbocycles. The van der Waals surface area contributed by atoms with Crippen molar-refractivity contribution in [1.29, 1.82) is 0 Å². The van der Waals surface area contributed by atoms with Crippen LogP contribution in [0.3, 0.4) is 0 Å². The average Bonchev–Trinajstić information content (AvgIpc) is 3.77. The molecular formula is C57H38O. The highest BCUT2D eigenvalue weighted by atomic mass is 16.3. The Balaban J connectivity index is 1.03. The van der Waals surface area contributed by atoms with Gasteiger partial charge in [-0.1, -0.05) is 178 Å². The largest absolute Gasteiger partial charge is 0.456 e. The zero-order chi connectivity index (χ0) is 38.5. The summed E-state index contributed by atoms with van der Waals surface area (Å²) < 4.78 is 6.17. The molecule has 12 rings (SSSR count). The summed E-state index contributed by atoms with van der Waals surface area (Å²) in [6.07, 6.45) is 0. The van der Waals surface area contributed by atoms with Crippen molar-refractivity contribution in [3.8, 4) is 55.6 Å². The van der Waals surface area contributed by atoms with Gasteiger partial charge in [0.2, 0.25) is 0 Å². The molecule has 0 bridgehead atoms. The SMILES string of the molecule is CC1(C)c2ccc3ccccc3c2-c2cccc(-c3cccc(-c4c5ccccc5c(-c5cccc(-c6ccc7oc8ccccc8c7c6)c5)c5ccccc45)c3)c21. The molecule has 10 aromatic carbocycles. The summed E-state index contributed by atoms with van der Waals surface area (Å²) in [5, 5.41) is 9.90. The summed E-state index contributed by atoms with van der Waals surface area (Å²) in [7, 11) is 0. The van der Waals surface area contributed by atoms with Crippen LogP contribution in [0.1, 0.15) is 25.0 Å². The average molecular weight is 739 g/mol. The van der Waals surface area contributed by atoms with Gasteiger partial charge in [-0.05, 0) is 129 Å². The van der Waals surface area contributed by atoms with E-state index in [2.05, 4.69) is 196 Å². The number of benzene rings is 10. The van der Waals surface area contributed by atoms with E-state index in [1.807, 2.05) is 12.1 Å². The quantitative estimate of drug-likeness (QED) is 0.164. The highest BCUT2D eigenvalue weighted by Crippen LogP contribution is 2.54. The minimum Gasteiger partial charge on any atom is -0.456 e. The fraction of sp³-hybridized carbons (Fsp3) is 0.0526. The van der Waals surface area contributed by atoms with Gasteiger partial charge in [-0.2, -0.15) is 0 Å². The minimum absolute atomic E-state index is 0.144. The lowest BCUT2D eigenvalue weighted by Gasteiger charge is -2.25. The number of para-hydroxylation sites is 1. The van der Waals surface area contributed by atoms with Crippen molar-refractivity contribution in [2.45, 2.75) is 19.3 Å². The number of rotatable bonds is 4. The van der Waals surface area contributed by atoms with E-state index >= 15 is 0 Å². The van der Waals surface area contributed by atoms with E-state index in [4.69, 9.17) is 4.42 Å². The molecule has 0 radical (unpaired) electrons. The van der Waals surface area contributed by atoms with E-state index in [9.17, 15) is 0 Å². The Morgan fingerprint density at radius 2 is 0.845 bits per heavy atom. The van der Waals surface area contributed by atoms with Crippen LogP contribution in [0, 0.1) is 0 Å². The highest BCUT2D eigenvalue weighted by Gasteiger charge is 2.38. The van der Waals surface area contributed by atoms with Crippen molar-refractivity contribution in [1.82, 2.24) is 0 Å². The van der Waals surface area contributed by atoms with Crippen LogP contribution in [0.25, 0.3) is 110 Å². The van der Waals surface area contributed by atoms with E-state index in [0.29, 0.717) is 0 Å². The summed E-state index contributed by atoms with van der Waals surface area (Å²) in [6, 6.07) is 71.5. The van der Waals surface area contributed by atoms with Gasteiger partial charge in [0, 0.05) is 16.2 Å². The lowest BCUT2D eigenvalue weighted by molar-refractivity contribution is 0.662. The highest BCUT2D eigenvalue weighted by molar-refractivity contribution is 6.21. The number of fused-ring (bicyclic) bond motifs is 10. The third kappa shape index (κ3) is 4.77. The fourth-order valence-corrected chi connectivity index (χ4v) is 10.2. The van der Waals surface area contributed by atoms with Crippen LogP contribution in [0.2, 0.25) is 0 Å². The lowest BCUT2D eigenvalue weighted by Crippen LogP contribution is -2.16. The maximum atomic E-state index is 6.17. The Bertz CT molecular complexity index is 3430. The Morgan fingerprint density at radius 3 is 1.55 bits per heavy atom. The third-order valence-electron chi connectivity index (χ3n) is 12.8. The van der Waals surface area contributed by atoms with Crippen molar-refractivity contribution in [3.05, 3.63) is 205 Å². The molecule has 1 heteroatoms. The molecular weight excluding hydrogens is 701 g/mol. The van der Waals surface area contributed by atoms with E-state index in [1.54, 1.807) is 0 Å². The third-order valence-corrected chi connectivity index (χ3v) is 12.8. The summed E-state index contributed by atoms with van der Waals surface area (Å²) in [4.78, 5) is 0. The van der Waals surface area contributed by atoms with E-state index in [-0.39, 0.29) is 5.41 Å². The second kappa shape index (κ2) is 12.4. The van der Waals surface area contributed by atoms with Gasteiger partial charge in [-0.3, -0.25) is 0 Å². The van der Waals surface area contributed by atoms with Crippen LogP contribution in [0.5, 0.6) is 0 Å². The van der Waals surface area contributed by atoms with Crippen LogP contribution in [-0.4, -0.2) is 0 Å². The molecule has 0 N–H and O–H groups in total. The first-order chi connectivity index (χ1) is 28.5. The van der Waals surface area contributed by atoms with E-state index in [0.717, 1.165) is 21.9 Å². The molecule has 0 amide bonds. The van der Waals surface area contributed by atoms with Crippen molar-refractivity contribution in [2.24, 2.45) is 0 Å². The molecule has 0 fully saturated rings. The standard InChI is InChI=1S/C57H38O/c1-57(2)50-30-28-35-14-3-4-19-41(35)55(50)48-26-13-25-42(56(48)57)38-16-12-18-40(33-38)54-46-23-7-5-21-44(46)53(45-22-6-8-24-47(45)54)39-17-11-15-36(32-39)37-29-31-52-49(34-37)43-20-9-10-27-51(43)58-52/h3-34H,1-2H3. The van der Waals surface area contributed by atoms with Gasteiger partial charge < -0.3 is 4.42 Å². The maximum absolute atomic E-state index is 6.17. The van der Waals surface area contributed by atoms with Gasteiger partial charge in [0.25, 0.3) is 0 Å². The van der Waals surface area contributed by atoms with Gasteiger partial charge >= 0.3 is 0 Å². The Labute approximate surface area is 337 Å².